The van der Waals surface area contributed by atoms with Crippen LogP contribution in [0.1, 0.15) is 181 Å². The van der Waals surface area contributed by atoms with Crippen molar-refractivity contribution in [3.8, 4) is 0 Å². The second-order valence-electron chi connectivity index (χ2n) is 15.3. The summed E-state index contributed by atoms with van der Waals surface area (Å²) in [5.74, 6) is -1.06. The molecule has 0 bridgehead atoms. The Morgan fingerprint density at radius 2 is 0.694 bits per heavy atom. The van der Waals surface area contributed by atoms with Crippen LogP contribution < -0.4 is 0 Å². The third-order valence-electron chi connectivity index (χ3n) is 9.40. The van der Waals surface area contributed by atoms with Gasteiger partial charge in [-0.15, -0.1) is 0 Å². The van der Waals surface area contributed by atoms with E-state index in [1.165, 1.54) is 12.8 Å². The Morgan fingerprint density at radius 1 is 0.355 bits per heavy atom. The van der Waals surface area contributed by atoms with Gasteiger partial charge in [0.2, 0.25) is 0 Å². The van der Waals surface area contributed by atoms with Crippen LogP contribution in [0.2, 0.25) is 0 Å². The summed E-state index contributed by atoms with van der Waals surface area (Å²) in [6, 6.07) is 0. The average molecular weight is 855 g/mol. The van der Waals surface area contributed by atoms with Crippen molar-refractivity contribution in [1.29, 1.82) is 0 Å². The van der Waals surface area contributed by atoms with E-state index in [9.17, 15) is 14.4 Å². The second-order valence-corrected chi connectivity index (χ2v) is 15.3. The summed E-state index contributed by atoms with van der Waals surface area (Å²) < 4.78 is 16.6. The molecule has 0 aliphatic carbocycles. The fourth-order valence-corrected chi connectivity index (χ4v) is 5.80. The van der Waals surface area contributed by atoms with E-state index in [2.05, 4.69) is 154 Å². The number of ether oxygens (including phenoxy) is 3. The molecule has 0 rings (SSSR count). The summed E-state index contributed by atoms with van der Waals surface area (Å²) in [5, 5.41) is 0. The van der Waals surface area contributed by atoms with Crippen molar-refractivity contribution in [3.63, 3.8) is 0 Å². The Bertz CT molecular complexity index is 1400. The number of carbonyl (C=O) groups excluding carboxylic acids is 3. The van der Waals surface area contributed by atoms with E-state index in [0.717, 1.165) is 116 Å². The van der Waals surface area contributed by atoms with Gasteiger partial charge in [-0.3, -0.25) is 14.4 Å². The first-order valence-electron chi connectivity index (χ1n) is 24.2. The molecule has 6 heteroatoms. The highest BCUT2D eigenvalue weighted by Gasteiger charge is 2.19. The van der Waals surface area contributed by atoms with Crippen molar-refractivity contribution in [3.05, 3.63) is 134 Å². The van der Waals surface area contributed by atoms with Crippen LogP contribution in [-0.4, -0.2) is 37.2 Å². The largest absolute Gasteiger partial charge is 0.462 e. The minimum absolute atomic E-state index is 0.128. The van der Waals surface area contributed by atoms with Crippen molar-refractivity contribution < 1.29 is 28.6 Å². The van der Waals surface area contributed by atoms with Crippen LogP contribution >= 0.6 is 0 Å². The van der Waals surface area contributed by atoms with Crippen LogP contribution in [0, 0.1) is 0 Å². The molecule has 0 aromatic rings. The molecule has 0 fully saturated rings. The number of hydrogen-bond donors (Lipinski definition) is 0. The number of carbonyl (C=O) groups is 3. The highest BCUT2D eigenvalue weighted by Crippen LogP contribution is 2.10. The maximum atomic E-state index is 12.8. The van der Waals surface area contributed by atoms with Crippen molar-refractivity contribution >= 4 is 17.9 Å². The minimum Gasteiger partial charge on any atom is -0.462 e. The molecule has 0 radical (unpaired) electrons. The molecule has 0 aliphatic heterocycles. The highest BCUT2D eigenvalue weighted by atomic mass is 16.6. The van der Waals surface area contributed by atoms with Crippen LogP contribution in [-0.2, 0) is 28.6 Å². The average Bonchev–Trinajstić information content (AvgIpc) is 3.27. The summed E-state index contributed by atoms with van der Waals surface area (Å²) >= 11 is 0. The maximum absolute atomic E-state index is 12.8. The van der Waals surface area contributed by atoms with Gasteiger partial charge in [-0.25, -0.2) is 0 Å². The Hall–Kier alpha value is -4.45. The molecule has 0 N–H and O–H groups in total. The number of hydrogen-bond acceptors (Lipinski definition) is 6. The monoisotopic (exact) mass is 855 g/mol. The third-order valence-corrected chi connectivity index (χ3v) is 9.40. The van der Waals surface area contributed by atoms with Gasteiger partial charge in [-0.1, -0.05) is 180 Å². The fourth-order valence-electron chi connectivity index (χ4n) is 5.80. The molecule has 0 saturated heterocycles. The Morgan fingerprint density at radius 3 is 1.11 bits per heavy atom. The first-order valence-corrected chi connectivity index (χ1v) is 24.2. The second kappa shape index (κ2) is 49.2. The molecule has 0 aliphatic rings. The maximum Gasteiger partial charge on any atom is 0.306 e. The van der Waals surface area contributed by atoms with E-state index >= 15 is 0 Å². The van der Waals surface area contributed by atoms with Gasteiger partial charge in [0.25, 0.3) is 0 Å². The van der Waals surface area contributed by atoms with Crippen molar-refractivity contribution in [2.45, 2.75) is 187 Å². The molecule has 1 atom stereocenters. The molecular weight excluding hydrogens is 769 g/mol. The van der Waals surface area contributed by atoms with E-state index in [0.29, 0.717) is 19.3 Å². The summed E-state index contributed by atoms with van der Waals surface area (Å²) in [4.78, 5) is 37.8. The molecule has 0 aromatic carbocycles. The summed E-state index contributed by atoms with van der Waals surface area (Å²) in [6.45, 7) is 6.22. The number of allylic oxidation sites excluding steroid dienone is 22. The molecule has 346 valence electrons. The lowest BCUT2D eigenvalue weighted by molar-refractivity contribution is -0.167. The topological polar surface area (TPSA) is 78.9 Å². The molecule has 0 amide bonds. The van der Waals surface area contributed by atoms with Gasteiger partial charge in [0.05, 0.1) is 0 Å². The zero-order chi connectivity index (χ0) is 45.1. The van der Waals surface area contributed by atoms with Crippen LogP contribution in [0.3, 0.4) is 0 Å². The molecule has 62 heavy (non-hydrogen) atoms. The Kier molecular flexibility index (Phi) is 45.7. The summed E-state index contributed by atoms with van der Waals surface area (Å²) in [6.07, 6.45) is 68.7. The molecule has 0 spiro atoms. The van der Waals surface area contributed by atoms with Crippen LogP contribution in [0.4, 0.5) is 0 Å². The van der Waals surface area contributed by atoms with Gasteiger partial charge in [0, 0.05) is 19.3 Å². The normalized spacial score (nSPS) is 13.3. The lowest BCUT2D eigenvalue weighted by Gasteiger charge is -2.18. The van der Waals surface area contributed by atoms with Crippen LogP contribution in [0.15, 0.2) is 134 Å². The van der Waals surface area contributed by atoms with Gasteiger partial charge >= 0.3 is 17.9 Å². The van der Waals surface area contributed by atoms with Gasteiger partial charge in [0.1, 0.15) is 13.2 Å². The predicted octanol–water partition coefficient (Wildman–Crippen LogP) is 15.9. The molecule has 6 nitrogen and oxygen atoms in total. The van der Waals surface area contributed by atoms with E-state index in [4.69, 9.17) is 14.2 Å². The van der Waals surface area contributed by atoms with Gasteiger partial charge < -0.3 is 14.2 Å². The van der Waals surface area contributed by atoms with Crippen molar-refractivity contribution in [1.82, 2.24) is 0 Å². The van der Waals surface area contributed by atoms with E-state index in [1.54, 1.807) is 0 Å². The van der Waals surface area contributed by atoms with Gasteiger partial charge in [-0.2, -0.15) is 0 Å². The lowest BCUT2D eigenvalue weighted by atomic mass is 10.1. The van der Waals surface area contributed by atoms with Crippen LogP contribution in [0.5, 0.6) is 0 Å². The first kappa shape index (κ1) is 57.5. The summed E-state index contributed by atoms with van der Waals surface area (Å²) in [5.41, 5.74) is 0. The first-order chi connectivity index (χ1) is 30.5. The van der Waals surface area contributed by atoms with E-state index < -0.39 is 6.10 Å². The third kappa shape index (κ3) is 46.6. The minimum atomic E-state index is -0.832. The van der Waals surface area contributed by atoms with Crippen molar-refractivity contribution in [2.24, 2.45) is 0 Å². The fraction of sp³-hybridized carbons (Fsp3) is 0.554. The van der Waals surface area contributed by atoms with E-state index in [1.807, 2.05) is 0 Å². The zero-order valence-electron chi connectivity index (χ0n) is 39.3. The van der Waals surface area contributed by atoms with E-state index in [-0.39, 0.29) is 44.0 Å². The number of unbranched alkanes of at least 4 members (excludes halogenated alkanes) is 9. The highest BCUT2D eigenvalue weighted by molar-refractivity contribution is 5.71. The molecule has 1 unspecified atom stereocenters. The quantitative estimate of drug-likeness (QED) is 0.0200. The van der Waals surface area contributed by atoms with Gasteiger partial charge in [-0.05, 0) is 116 Å². The van der Waals surface area contributed by atoms with Gasteiger partial charge in [0.15, 0.2) is 6.10 Å². The predicted molar refractivity (Wildman–Crippen MR) is 265 cm³/mol. The smallest absolute Gasteiger partial charge is 0.306 e. The lowest BCUT2D eigenvalue weighted by Crippen LogP contribution is -2.30. The molecule has 0 saturated carbocycles. The zero-order valence-corrected chi connectivity index (χ0v) is 39.3. The van der Waals surface area contributed by atoms with Crippen molar-refractivity contribution in [2.75, 3.05) is 13.2 Å². The Labute approximate surface area is 379 Å². The van der Waals surface area contributed by atoms with Crippen LogP contribution in [0.25, 0.3) is 0 Å². The number of esters is 3. The molecule has 0 aromatic heterocycles. The Balaban J connectivity index is 4.59. The standard InChI is InChI=1S/C56H86O6/c1-4-7-10-13-16-19-22-24-26-28-30-31-34-37-40-43-46-49-55(58)61-52-53(51-60-54(57)48-45-42-39-36-33-21-18-15-12-9-6-3)62-56(59)50-47-44-41-38-35-32-29-27-25-23-20-17-14-11-8-5-2/h7-8,10-11,15-21,24-27,30-33,35,37,40,53H,4-6,9,12-14,22-23,28-29,34,36,38-39,41-52H2,1-3H3/b10-7-,11-8-,18-15-,19-16-,20-17-,26-24-,27-25-,31-30-,33-21-,35-32-,40-37-. The summed E-state index contributed by atoms with van der Waals surface area (Å²) in [7, 11) is 0. The molecular formula is C56H86O6. The molecule has 0 heterocycles. The number of rotatable bonds is 41. The SMILES string of the molecule is CC/C=C\C/C=C\C/C=C\C/C=C\C/C=C\CCCC(=O)OCC(COC(=O)CCCCC/C=C\C=C/CCCC)OC(=O)CCCCC/C=C\C/C=C\C/C=C\C/C=C\CC.